The van der Waals surface area contributed by atoms with E-state index in [9.17, 15) is 0 Å². The molecule has 6 heavy (non-hydrogen) atoms. The van der Waals surface area contributed by atoms with Crippen molar-refractivity contribution in [1.29, 1.82) is 0 Å². The van der Waals surface area contributed by atoms with E-state index in [1.807, 2.05) is 0 Å². The molecule has 0 unspecified atom stereocenters. The van der Waals surface area contributed by atoms with Crippen LogP contribution in [0.2, 0.25) is 0 Å². The first-order chi connectivity index (χ1) is 2.89. The Kier molecular flexibility index (Phi) is 1.10. The van der Waals surface area contributed by atoms with Crippen molar-refractivity contribution in [2.45, 2.75) is 19.4 Å². The highest BCUT2D eigenvalue weighted by atomic mass is 16.5. The fourth-order valence-corrected chi connectivity index (χ4v) is 0.625. The van der Waals surface area contributed by atoms with E-state index in [4.69, 9.17) is 4.74 Å². The second kappa shape index (κ2) is 1.61. The maximum Gasteiger partial charge on any atom is 0.0579 e. The molecule has 1 heterocycles. The van der Waals surface area contributed by atoms with Gasteiger partial charge < -0.3 is 4.74 Å². The molecule has 35 valence electrons. The Hall–Kier alpha value is -0.0400. The topological polar surface area (TPSA) is 9.23 Å². The van der Waals surface area contributed by atoms with E-state index in [2.05, 4.69) is 13.3 Å². The van der Waals surface area contributed by atoms with Crippen molar-refractivity contribution in [2.75, 3.05) is 6.61 Å². The van der Waals surface area contributed by atoms with Crippen molar-refractivity contribution in [3.63, 3.8) is 0 Å². The van der Waals surface area contributed by atoms with Crippen LogP contribution < -0.4 is 0 Å². The summed E-state index contributed by atoms with van der Waals surface area (Å²) in [6.45, 7) is 2.99. The summed E-state index contributed by atoms with van der Waals surface area (Å²) in [5.41, 5.74) is 0. The maximum absolute atomic E-state index is 5.10. The predicted molar refractivity (Wildman–Crippen MR) is 24.3 cm³/mol. The van der Waals surface area contributed by atoms with E-state index in [1.165, 1.54) is 0 Å². The third kappa shape index (κ3) is 0.716. The molecule has 1 aliphatic heterocycles. The van der Waals surface area contributed by atoms with Crippen LogP contribution in [0.3, 0.4) is 0 Å². The Balaban J connectivity index is 2.18. The molecule has 0 N–H and O–H groups in total. The molecule has 1 saturated heterocycles. The zero-order valence-electron chi connectivity index (χ0n) is 3.98. The van der Waals surface area contributed by atoms with E-state index in [1.54, 1.807) is 0 Å². The first-order valence-corrected chi connectivity index (χ1v) is 2.34. The lowest BCUT2D eigenvalue weighted by Crippen LogP contribution is -1.95. The number of hydrogen-bond acceptors (Lipinski definition) is 1. The molecule has 1 nitrogen and oxygen atoms in total. The molecule has 0 amide bonds. The lowest BCUT2D eigenvalue weighted by molar-refractivity contribution is 0.136. The van der Waals surface area contributed by atoms with Gasteiger partial charge in [-0.1, -0.05) is 0 Å². The number of rotatable bonds is 0. The van der Waals surface area contributed by atoms with E-state index in [0.29, 0.717) is 6.10 Å². The minimum atomic E-state index is 0.421. The molecule has 0 bridgehead atoms. The number of hydrogen-bond donors (Lipinski definition) is 0. The average molecular weight is 85.1 g/mol. The van der Waals surface area contributed by atoms with Crippen LogP contribution in [0.5, 0.6) is 0 Å². The highest BCUT2D eigenvalue weighted by Crippen LogP contribution is 2.07. The molecule has 0 spiro atoms. The van der Waals surface area contributed by atoms with Gasteiger partial charge in [0.25, 0.3) is 0 Å². The summed E-state index contributed by atoms with van der Waals surface area (Å²) < 4.78 is 5.10. The monoisotopic (exact) mass is 85.1 g/mol. The van der Waals surface area contributed by atoms with Crippen molar-refractivity contribution in [2.24, 2.45) is 0 Å². The van der Waals surface area contributed by atoms with Crippen molar-refractivity contribution < 1.29 is 4.74 Å². The molecular weight excluding hydrogens is 76.1 g/mol. The summed E-state index contributed by atoms with van der Waals surface area (Å²) in [4.78, 5) is 0. The third-order valence-corrected chi connectivity index (χ3v) is 0.997. The maximum atomic E-state index is 5.10. The predicted octanol–water partition coefficient (Wildman–Crippen LogP) is 0.999. The van der Waals surface area contributed by atoms with Gasteiger partial charge in [0.15, 0.2) is 0 Å². The van der Waals surface area contributed by atoms with Crippen molar-refractivity contribution in [3.8, 4) is 0 Å². The Morgan fingerprint density at radius 1 is 1.83 bits per heavy atom. The van der Waals surface area contributed by atoms with Gasteiger partial charge in [0, 0.05) is 6.61 Å². The van der Waals surface area contributed by atoms with E-state index >= 15 is 0 Å². The molecule has 0 aliphatic carbocycles. The van der Waals surface area contributed by atoms with Crippen LogP contribution in [-0.2, 0) is 4.74 Å². The Labute approximate surface area is 38.3 Å². The zero-order chi connectivity index (χ0) is 4.41. The molecule has 1 radical (unpaired) electrons. The van der Waals surface area contributed by atoms with Crippen LogP contribution in [0, 0.1) is 6.42 Å². The molecule has 0 aromatic heterocycles. The van der Waals surface area contributed by atoms with Crippen LogP contribution in [0.4, 0.5) is 0 Å². The highest BCUT2D eigenvalue weighted by molar-refractivity contribution is 4.77. The SMILES string of the molecule is C[C@H]1[CH]CCO1. The standard InChI is InChI=1S/C5H9O/c1-5-3-2-4-6-5/h3,5H,2,4H2,1H3/t5-/m0/s1. The molecule has 1 atom stereocenters. The normalized spacial score (nSPS) is 34.5. The van der Waals surface area contributed by atoms with Gasteiger partial charge >= 0.3 is 0 Å². The van der Waals surface area contributed by atoms with Gasteiger partial charge in [-0.2, -0.15) is 0 Å². The summed E-state index contributed by atoms with van der Waals surface area (Å²) in [5.74, 6) is 0. The van der Waals surface area contributed by atoms with Gasteiger partial charge in [-0.05, 0) is 19.8 Å². The molecule has 1 fully saturated rings. The largest absolute Gasteiger partial charge is 0.378 e. The Bertz CT molecular complexity index is 37.2. The van der Waals surface area contributed by atoms with Crippen molar-refractivity contribution in [3.05, 3.63) is 6.42 Å². The van der Waals surface area contributed by atoms with Crippen LogP contribution in [0.25, 0.3) is 0 Å². The van der Waals surface area contributed by atoms with Crippen LogP contribution >= 0.6 is 0 Å². The van der Waals surface area contributed by atoms with Gasteiger partial charge in [-0.15, -0.1) is 0 Å². The summed E-state index contributed by atoms with van der Waals surface area (Å²) in [6, 6.07) is 0. The Morgan fingerprint density at radius 3 is 2.83 bits per heavy atom. The molecule has 0 saturated carbocycles. The fraction of sp³-hybridized carbons (Fsp3) is 0.800. The van der Waals surface area contributed by atoms with Crippen molar-refractivity contribution >= 4 is 0 Å². The van der Waals surface area contributed by atoms with Gasteiger partial charge in [0.2, 0.25) is 0 Å². The van der Waals surface area contributed by atoms with E-state index < -0.39 is 0 Å². The van der Waals surface area contributed by atoms with Crippen molar-refractivity contribution in [1.82, 2.24) is 0 Å². The zero-order valence-corrected chi connectivity index (χ0v) is 3.98. The first kappa shape index (κ1) is 4.13. The average Bonchev–Trinajstić information content (AvgIpc) is 1.86. The minimum absolute atomic E-state index is 0.421. The minimum Gasteiger partial charge on any atom is -0.378 e. The Morgan fingerprint density at radius 2 is 2.67 bits per heavy atom. The molecule has 0 aromatic rings. The smallest absolute Gasteiger partial charge is 0.0579 e. The van der Waals surface area contributed by atoms with Gasteiger partial charge in [0.1, 0.15) is 0 Å². The van der Waals surface area contributed by atoms with Gasteiger partial charge in [0.05, 0.1) is 6.10 Å². The molecular formula is C5H9O. The molecule has 0 aromatic carbocycles. The lowest BCUT2D eigenvalue weighted by Gasteiger charge is -1.94. The summed E-state index contributed by atoms with van der Waals surface area (Å²) in [5, 5.41) is 0. The summed E-state index contributed by atoms with van der Waals surface area (Å²) >= 11 is 0. The van der Waals surface area contributed by atoms with E-state index in [-0.39, 0.29) is 0 Å². The van der Waals surface area contributed by atoms with E-state index in [0.717, 1.165) is 13.0 Å². The quantitative estimate of drug-likeness (QED) is 0.426. The van der Waals surface area contributed by atoms with Crippen LogP contribution in [0.1, 0.15) is 13.3 Å². The third-order valence-electron chi connectivity index (χ3n) is 0.997. The first-order valence-electron chi connectivity index (χ1n) is 2.34. The van der Waals surface area contributed by atoms with Crippen LogP contribution in [0.15, 0.2) is 0 Å². The summed E-state index contributed by atoms with van der Waals surface area (Å²) in [6.07, 6.45) is 3.74. The molecule has 1 rings (SSSR count). The lowest BCUT2D eigenvalue weighted by atomic mass is 10.3. The molecule has 1 heteroatoms. The second-order valence-corrected chi connectivity index (χ2v) is 1.60. The van der Waals surface area contributed by atoms with Gasteiger partial charge in [-0.25, -0.2) is 0 Å². The molecule has 1 aliphatic rings. The summed E-state index contributed by atoms with van der Waals surface area (Å²) in [7, 11) is 0. The fourth-order valence-electron chi connectivity index (χ4n) is 0.625. The second-order valence-electron chi connectivity index (χ2n) is 1.60. The van der Waals surface area contributed by atoms with Crippen LogP contribution in [-0.4, -0.2) is 12.7 Å². The highest BCUT2D eigenvalue weighted by Gasteiger charge is 2.07. The van der Waals surface area contributed by atoms with Gasteiger partial charge in [-0.3, -0.25) is 0 Å². The number of ether oxygens (including phenoxy) is 1.